The lowest BCUT2D eigenvalue weighted by Crippen LogP contribution is -2.36. The zero-order chi connectivity index (χ0) is 23.9. The van der Waals surface area contributed by atoms with Crippen molar-refractivity contribution in [3.05, 3.63) is 71.4 Å². The standard InChI is InChI=1S/C28H33N3O3/c1-4-15-33-20-25(32)18-30(17-23-13-14-23)19-27-22(3)29-31(24-10-6-5-7-11-24)28(27)34-26-12-8-9-21(2)16-26/h1,5-12,16,23,25,32H,13-15,17-20H2,2-3H3. The molecule has 6 heteroatoms. The molecular weight excluding hydrogens is 426 g/mol. The van der Waals surface area contributed by atoms with Gasteiger partial charge in [-0.15, -0.1) is 6.42 Å². The summed E-state index contributed by atoms with van der Waals surface area (Å²) in [5.41, 5.74) is 4.00. The van der Waals surface area contributed by atoms with E-state index in [0.29, 0.717) is 24.9 Å². The van der Waals surface area contributed by atoms with Gasteiger partial charge in [-0.05, 0) is 62.4 Å². The number of hydrogen-bond acceptors (Lipinski definition) is 5. The Morgan fingerprint density at radius 2 is 1.97 bits per heavy atom. The second-order valence-corrected chi connectivity index (χ2v) is 9.05. The lowest BCUT2D eigenvalue weighted by molar-refractivity contribution is 0.0250. The minimum Gasteiger partial charge on any atom is -0.439 e. The molecule has 0 aliphatic heterocycles. The van der Waals surface area contributed by atoms with Gasteiger partial charge in [-0.25, -0.2) is 4.68 Å². The van der Waals surface area contributed by atoms with Crippen molar-refractivity contribution in [3.8, 4) is 29.7 Å². The summed E-state index contributed by atoms with van der Waals surface area (Å²) in [4.78, 5) is 2.28. The fraction of sp³-hybridized carbons (Fsp3) is 0.393. The van der Waals surface area contributed by atoms with E-state index >= 15 is 0 Å². The van der Waals surface area contributed by atoms with Crippen molar-refractivity contribution in [2.24, 2.45) is 5.92 Å². The molecule has 0 bridgehead atoms. The van der Waals surface area contributed by atoms with Gasteiger partial charge in [-0.2, -0.15) is 5.10 Å². The first-order valence-electron chi connectivity index (χ1n) is 11.8. The first-order chi connectivity index (χ1) is 16.5. The van der Waals surface area contributed by atoms with Crippen LogP contribution in [0.2, 0.25) is 0 Å². The van der Waals surface area contributed by atoms with E-state index < -0.39 is 6.10 Å². The van der Waals surface area contributed by atoms with Gasteiger partial charge in [0.1, 0.15) is 12.4 Å². The lowest BCUT2D eigenvalue weighted by Gasteiger charge is -2.25. The molecule has 1 N–H and O–H groups in total. The van der Waals surface area contributed by atoms with E-state index in [4.69, 9.17) is 21.0 Å². The Balaban J connectivity index is 1.63. The smallest absolute Gasteiger partial charge is 0.227 e. The lowest BCUT2D eigenvalue weighted by atomic mass is 10.2. The number of hydrogen-bond donors (Lipinski definition) is 1. The van der Waals surface area contributed by atoms with Gasteiger partial charge in [0.05, 0.1) is 29.7 Å². The fourth-order valence-corrected chi connectivity index (χ4v) is 4.06. The molecule has 1 saturated carbocycles. The molecule has 0 radical (unpaired) electrons. The van der Waals surface area contributed by atoms with Gasteiger partial charge in [0.2, 0.25) is 5.88 Å². The number of rotatable bonds is 12. The van der Waals surface area contributed by atoms with Crippen molar-refractivity contribution in [3.63, 3.8) is 0 Å². The summed E-state index contributed by atoms with van der Waals surface area (Å²) in [6.45, 7) is 6.54. The van der Waals surface area contributed by atoms with Crippen LogP contribution in [-0.4, -0.2) is 52.2 Å². The Kier molecular flexibility index (Phi) is 8.02. The molecule has 1 atom stereocenters. The Bertz CT molecular complexity index is 1120. The number of aliphatic hydroxyl groups is 1. The molecule has 4 rings (SSSR count). The minimum atomic E-state index is -0.613. The highest BCUT2D eigenvalue weighted by molar-refractivity contribution is 5.43. The van der Waals surface area contributed by atoms with E-state index in [1.807, 2.05) is 60.1 Å². The predicted molar refractivity (Wildman–Crippen MR) is 133 cm³/mol. The maximum absolute atomic E-state index is 10.6. The molecule has 6 nitrogen and oxygen atoms in total. The van der Waals surface area contributed by atoms with Crippen LogP contribution in [0, 0.1) is 32.1 Å². The molecule has 0 spiro atoms. The molecule has 178 valence electrons. The maximum atomic E-state index is 10.6. The van der Waals surface area contributed by atoms with Crippen LogP contribution < -0.4 is 4.74 Å². The molecular formula is C28H33N3O3. The van der Waals surface area contributed by atoms with Gasteiger partial charge in [0.25, 0.3) is 0 Å². The Hall–Kier alpha value is -3.11. The van der Waals surface area contributed by atoms with Crippen LogP contribution in [0.1, 0.15) is 29.7 Å². The van der Waals surface area contributed by atoms with Crippen molar-refractivity contribution >= 4 is 0 Å². The fourth-order valence-electron chi connectivity index (χ4n) is 4.06. The van der Waals surface area contributed by atoms with Crippen LogP contribution >= 0.6 is 0 Å². The Labute approximate surface area is 202 Å². The SMILES string of the molecule is C#CCOCC(O)CN(Cc1c(C)nn(-c2ccccc2)c1Oc1cccc(C)c1)CC1CC1. The third-order valence-electron chi connectivity index (χ3n) is 5.90. The predicted octanol–water partition coefficient (Wildman–Crippen LogP) is 4.50. The molecule has 0 saturated heterocycles. The van der Waals surface area contributed by atoms with Crippen molar-refractivity contribution in [2.45, 2.75) is 39.3 Å². The molecule has 1 aliphatic rings. The second kappa shape index (κ2) is 11.3. The van der Waals surface area contributed by atoms with E-state index in [1.165, 1.54) is 12.8 Å². The topological polar surface area (TPSA) is 59.8 Å². The number of aliphatic hydroxyl groups excluding tert-OH is 1. The van der Waals surface area contributed by atoms with Crippen molar-refractivity contribution in [1.29, 1.82) is 0 Å². The third-order valence-corrected chi connectivity index (χ3v) is 5.90. The first kappa shape index (κ1) is 24.0. The van der Waals surface area contributed by atoms with E-state index in [1.54, 1.807) is 0 Å². The summed E-state index contributed by atoms with van der Waals surface area (Å²) in [5, 5.41) is 15.4. The average Bonchev–Trinajstić information content (AvgIpc) is 3.59. The highest BCUT2D eigenvalue weighted by atomic mass is 16.5. The monoisotopic (exact) mass is 459 g/mol. The van der Waals surface area contributed by atoms with Crippen molar-refractivity contribution in [1.82, 2.24) is 14.7 Å². The summed E-state index contributed by atoms with van der Waals surface area (Å²) in [5.74, 6) is 4.59. The van der Waals surface area contributed by atoms with Crippen LogP contribution in [0.3, 0.4) is 0 Å². The Morgan fingerprint density at radius 1 is 1.18 bits per heavy atom. The zero-order valence-electron chi connectivity index (χ0n) is 20.0. The Morgan fingerprint density at radius 3 is 2.68 bits per heavy atom. The van der Waals surface area contributed by atoms with Crippen LogP contribution in [0.25, 0.3) is 5.69 Å². The minimum absolute atomic E-state index is 0.205. The summed E-state index contributed by atoms with van der Waals surface area (Å²) >= 11 is 0. The normalized spacial score (nSPS) is 14.2. The highest BCUT2D eigenvalue weighted by Crippen LogP contribution is 2.34. The summed E-state index contributed by atoms with van der Waals surface area (Å²) in [6, 6.07) is 18.0. The van der Waals surface area contributed by atoms with Gasteiger partial charge in [0, 0.05) is 19.6 Å². The largest absolute Gasteiger partial charge is 0.439 e. The molecule has 3 aromatic rings. The van der Waals surface area contributed by atoms with Gasteiger partial charge in [-0.3, -0.25) is 4.90 Å². The van der Waals surface area contributed by atoms with Crippen LogP contribution in [0.15, 0.2) is 54.6 Å². The molecule has 1 aromatic heterocycles. The van der Waals surface area contributed by atoms with Gasteiger partial charge in [-0.1, -0.05) is 36.3 Å². The molecule has 2 aromatic carbocycles. The molecule has 1 unspecified atom stereocenters. The zero-order valence-corrected chi connectivity index (χ0v) is 20.0. The summed E-state index contributed by atoms with van der Waals surface area (Å²) in [6.07, 6.45) is 7.11. The number of aromatic nitrogens is 2. The van der Waals surface area contributed by atoms with E-state index in [9.17, 15) is 5.11 Å². The number of benzene rings is 2. The molecule has 1 heterocycles. The number of para-hydroxylation sites is 1. The highest BCUT2D eigenvalue weighted by Gasteiger charge is 2.28. The van der Waals surface area contributed by atoms with E-state index in [0.717, 1.165) is 34.8 Å². The quantitative estimate of drug-likeness (QED) is 0.319. The van der Waals surface area contributed by atoms with Crippen LogP contribution in [-0.2, 0) is 11.3 Å². The number of ether oxygens (including phenoxy) is 2. The van der Waals surface area contributed by atoms with Crippen molar-refractivity contribution < 1.29 is 14.6 Å². The molecule has 0 amide bonds. The second-order valence-electron chi connectivity index (χ2n) is 9.05. The summed E-state index contributed by atoms with van der Waals surface area (Å²) < 4.78 is 13.7. The first-order valence-corrected chi connectivity index (χ1v) is 11.8. The third kappa shape index (κ3) is 6.48. The van der Waals surface area contributed by atoms with E-state index in [-0.39, 0.29) is 13.2 Å². The average molecular weight is 460 g/mol. The van der Waals surface area contributed by atoms with Crippen LogP contribution in [0.5, 0.6) is 11.6 Å². The van der Waals surface area contributed by atoms with Gasteiger partial charge >= 0.3 is 0 Å². The van der Waals surface area contributed by atoms with E-state index in [2.05, 4.69) is 23.8 Å². The number of nitrogens with zero attached hydrogens (tertiary/aromatic N) is 3. The van der Waals surface area contributed by atoms with Crippen LogP contribution in [0.4, 0.5) is 0 Å². The summed E-state index contributed by atoms with van der Waals surface area (Å²) in [7, 11) is 0. The molecule has 34 heavy (non-hydrogen) atoms. The number of aryl methyl sites for hydroxylation is 2. The number of terminal acetylenes is 1. The van der Waals surface area contributed by atoms with Gasteiger partial charge in [0.15, 0.2) is 0 Å². The molecule has 1 aliphatic carbocycles. The van der Waals surface area contributed by atoms with Crippen molar-refractivity contribution in [2.75, 3.05) is 26.3 Å². The molecule has 1 fully saturated rings. The van der Waals surface area contributed by atoms with Gasteiger partial charge < -0.3 is 14.6 Å². The maximum Gasteiger partial charge on any atom is 0.227 e.